The Morgan fingerprint density at radius 2 is 1.83 bits per heavy atom. The van der Waals surface area contributed by atoms with Gasteiger partial charge in [0.2, 0.25) is 0 Å². The first kappa shape index (κ1) is 19.0. The molecule has 1 aromatic rings. The van der Waals surface area contributed by atoms with E-state index in [-0.39, 0.29) is 24.0 Å². The molecule has 0 spiro atoms. The van der Waals surface area contributed by atoms with E-state index in [1.54, 1.807) is 0 Å². The van der Waals surface area contributed by atoms with E-state index in [9.17, 15) is 0 Å². The van der Waals surface area contributed by atoms with Crippen LogP contribution in [-0.4, -0.2) is 30.5 Å². The third-order valence-electron chi connectivity index (χ3n) is 5.11. The lowest BCUT2D eigenvalue weighted by atomic mass is 9.82. The lowest BCUT2D eigenvalue weighted by molar-refractivity contribution is 0.299. The van der Waals surface area contributed by atoms with Gasteiger partial charge >= 0.3 is 0 Å². The summed E-state index contributed by atoms with van der Waals surface area (Å²) >= 11 is 0. The normalized spacial score (nSPS) is 23.2. The molecule has 2 fully saturated rings. The van der Waals surface area contributed by atoms with Crippen LogP contribution in [0.25, 0.3) is 0 Å². The van der Waals surface area contributed by atoms with Crippen molar-refractivity contribution in [2.24, 2.45) is 16.8 Å². The fourth-order valence-electron chi connectivity index (χ4n) is 3.86. The highest BCUT2D eigenvalue weighted by atomic mass is 127. The molecule has 0 amide bonds. The van der Waals surface area contributed by atoms with Crippen molar-refractivity contribution in [2.45, 2.75) is 39.2 Å². The van der Waals surface area contributed by atoms with Crippen LogP contribution in [0.4, 0.5) is 0 Å². The number of fused-ring (bicyclic) bond motifs is 1. The molecule has 24 heavy (non-hydrogen) atoms. The number of aliphatic imine (C=N–C) groups is 1. The van der Waals surface area contributed by atoms with E-state index in [1.165, 1.54) is 25.7 Å². The summed E-state index contributed by atoms with van der Waals surface area (Å²) in [7, 11) is 0. The van der Waals surface area contributed by atoms with Gasteiger partial charge in [0.1, 0.15) is 0 Å². The van der Waals surface area contributed by atoms with E-state index in [0.717, 1.165) is 43.0 Å². The van der Waals surface area contributed by atoms with Gasteiger partial charge in [-0.1, -0.05) is 25.0 Å². The van der Waals surface area contributed by atoms with Gasteiger partial charge in [0.15, 0.2) is 5.96 Å². The average molecular weight is 438 g/mol. The van der Waals surface area contributed by atoms with E-state index in [0.29, 0.717) is 12.1 Å². The maximum atomic E-state index is 8.87. The highest BCUT2D eigenvalue weighted by Crippen LogP contribution is 2.35. The molecule has 1 saturated carbocycles. The van der Waals surface area contributed by atoms with Gasteiger partial charge in [-0.05, 0) is 49.3 Å². The largest absolute Gasteiger partial charge is 0.357 e. The minimum Gasteiger partial charge on any atom is -0.357 e. The maximum absolute atomic E-state index is 8.87. The molecule has 4 nitrogen and oxygen atoms in total. The van der Waals surface area contributed by atoms with Crippen LogP contribution in [0, 0.1) is 23.2 Å². The van der Waals surface area contributed by atoms with Gasteiger partial charge in [0.05, 0.1) is 18.2 Å². The topological polar surface area (TPSA) is 51.4 Å². The molecule has 1 aromatic carbocycles. The van der Waals surface area contributed by atoms with Gasteiger partial charge in [-0.3, -0.25) is 0 Å². The number of likely N-dealkylation sites (tertiary alicyclic amines) is 1. The van der Waals surface area contributed by atoms with Crippen LogP contribution in [0.3, 0.4) is 0 Å². The van der Waals surface area contributed by atoms with Crippen LogP contribution in [0.15, 0.2) is 29.3 Å². The van der Waals surface area contributed by atoms with Crippen molar-refractivity contribution in [2.75, 3.05) is 19.6 Å². The fourth-order valence-corrected chi connectivity index (χ4v) is 3.86. The summed E-state index contributed by atoms with van der Waals surface area (Å²) in [5.41, 5.74) is 1.85. The summed E-state index contributed by atoms with van der Waals surface area (Å²) < 4.78 is 0. The van der Waals surface area contributed by atoms with E-state index in [4.69, 9.17) is 10.3 Å². The molecule has 0 bridgehead atoms. The van der Waals surface area contributed by atoms with Crippen molar-refractivity contribution in [1.82, 2.24) is 10.2 Å². The maximum Gasteiger partial charge on any atom is 0.194 e. The zero-order valence-corrected chi connectivity index (χ0v) is 16.7. The Morgan fingerprint density at radius 1 is 1.21 bits per heavy atom. The second kappa shape index (κ2) is 9.26. The summed E-state index contributed by atoms with van der Waals surface area (Å²) in [6.45, 7) is 6.01. The quantitative estimate of drug-likeness (QED) is 0.444. The van der Waals surface area contributed by atoms with Gasteiger partial charge in [0.25, 0.3) is 0 Å². The molecular weight excluding hydrogens is 411 g/mol. The molecule has 2 unspecified atom stereocenters. The number of halogens is 1. The zero-order valence-electron chi connectivity index (χ0n) is 14.4. The van der Waals surface area contributed by atoms with Crippen molar-refractivity contribution in [3.05, 3.63) is 35.4 Å². The van der Waals surface area contributed by atoms with E-state index in [1.807, 2.05) is 24.3 Å². The molecule has 0 radical (unpaired) electrons. The second-order valence-electron chi connectivity index (χ2n) is 6.69. The number of hydrogen-bond donors (Lipinski definition) is 1. The molecule has 2 atom stereocenters. The van der Waals surface area contributed by atoms with Crippen molar-refractivity contribution >= 4 is 29.9 Å². The van der Waals surface area contributed by atoms with Crippen LogP contribution in [0.1, 0.15) is 43.7 Å². The number of rotatable bonds is 3. The van der Waals surface area contributed by atoms with E-state index < -0.39 is 0 Å². The molecule has 1 aliphatic carbocycles. The molecule has 130 valence electrons. The fraction of sp³-hybridized carbons (Fsp3) is 0.579. The molecule has 5 heteroatoms. The van der Waals surface area contributed by atoms with Gasteiger partial charge in [-0.15, -0.1) is 24.0 Å². The number of nitriles is 1. The predicted octanol–water partition coefficient (Wildman–Crippen LogP) is 3.76. The molecule has 1 N–H and O–H groups in total. The Morgan fingerprint density at radius 3 is 2.38 bits per heavy atom. The average Bonchev–Trinajstić information content (AvgIpc) is 3.03. The number of nitrogens with one attached hydrogen (secondary N) is 1. The molecule has 3 rings (SSSR count). The third-order valence-corrected chi connectivity index (χ3v) is 5.11. The van der Waals surface area contributed by atoms with Crippen LogP contribution in [0.2, 0.25) is 0 Å². The SMILES string of the molecule is CCNC(=NCc1ccc(C#N)cc1)N1CC2CCCCC2C1.I. The molecular formula is C19H27IN4. The lowest BCUT2D eigenvalue weighted by Gasteiger charge is -2.22. The van der Waals surface area contributed by atoms with Crippen molar-refractivity contribution in [3.63, 3.8) is 0 Å². The summed E-state index contributed by atoms with van der Waals surface area (Å²) in [5.74, 6) is 2.77. The number of hydrogen-bond acceptors (Lipinski definition) is 2. The first-order valence-electron chi connectivity index (χ1n) is 8.82. The first-order valence-corrected chi connectivity index (χ1v) is 8.82. The van der Waals surface area contributed by atoms with Crippen molar-refractivity contribution < 1.29 is 0 Å². The van der Waals surface area contributed by atoms with Crippen molar-refractivity contribution in [1.29, 1.82) is 5.26 Å². The third kappa shape index (κ3) is 4.62. The highest BCUT2D eigenvalue weighted by molar-refractivity contribution is 14.0. The van der Waals surface area contributed by atoms with Crippen molar-refractivity contribution in [3.8, 4) is 6.07 Å². The minimum atomic E-state index is 0. The summed E-state index contributed by atoms with van der Waals surface area (Å²) in [6.07, 6.45) is 5.56. The lowest BCUT2D eigenvalue weighted by Crippen LogP contribution is -2.40. The molecule has 1 heterocycles. The Labute approximate surface area is 162 Å². The summed E-state index contributed by atoms with van der Waals surface area (Å²) in [6, 6.07) is 9.87. The van der Waals surface area contributed by atoms with E-state index in [2.05, 4.69) is 23.2 Å². The number of benzene rings is 1. The Bertz CT molecular complexity index is 576. The Kier molecular flexibility index (Phi) is 7.35. The van der Waals surface area contributed by atoms with E-state index >= 15 is 0 Å². The van der Waals surface area contributed by atoms with Crippen LogP contribution in [-0.2, 0) is 6.54 Å². The summed E-state index contributed by atoms with van der Waals surface area (Å²) in [5, 5.41) is 12.3. The number of nitrogens with zero attached hydrogens (tertiary/aromatic N) is 3. The first-order chi connectivity index (χ1) is 11.3. The van der Waals surface area contributed by atoms with Crippen LogP contribution >= 0.6 is 24.0 Å². The van der Waals surface area contributed by atoms with Crippen LogP contribution in [0.5, 0.6) is 0 Å². The monoisotopic (exact) mass is 438 g/mol. The van der Waals surface area contributed by atoms with Crippen LogP contribution < -0.4 is 5.32 Å². The number of guanidine groups is 1. The smallest absolute Gasteiger partial charge is 0.194 e. The highest BCUT2D eigenvalue weighted by Gasteiger charge is 2.35. The van der Waals surface area contributed by atoms with Gasteiger partial charge < -0.3 is 10.2 Å². The standard InChI is InChI=1S/C19H26N4.HI/c1-2-21-19(22-12-16-9-7-15(11-20)8-10-16)23-13-17-5-3-4-6-18(17)14-23;/h7-10,17-18H,2-6,12-14H2,1H3,(H,21,22);1H. The van der Waals surface area contributed by atoms with Gasteiger partial charge in [-0.2, -0.15) is 5.26 Å². The Balaban J connectivity index is 0.00000208. The molecule has 0 aromatic heterocycles. The van der Waals surface area contributed by atoms with Gasteiger partial charge in [0, 0.05) is 19.6 Å². The molecule has 1 saturated heterocycles. The molecule has 2 aliphatic rings. The second-order valence-corrected chi connectivity index (χ2v) is 6.69. The predicted molar refractivity (Wildman–Crippen MR) is 108 cm³/mol. The Hall–Kier alpha value is -1.29. The van der Waals surface area contributed by atoms with Gasteiger partial charge in [-0.25, -0.2) is 4.99 Å². The summed E-state index contributed by atoms with van der Waals surface area (Å²) in [4.78, 5) is 7.28. The minimum absolute atomic E-state index is 0. The molecule has 1 aliphatic heterocycles. The zero-order chi connectivity index (χ0) is 16.1.